The molecule has 0 bridgehead atoms. The smallest absolute Gasteiger partial charge is 0.228 e. The summed E-state index contributed by atoms with van der Waals surface area (Å²) in [5.74, 6) is 1.39. The average Bonchev–Trinajstić information content (AvgIpc) is 2.81. The lowest BCUT2D eigenvalue weighted by Crippen LogP contribution is -2.28. The van der Waals surface area contributed by atoms with Crippen molar-refractivity contribution in [3.63, 3.8) is 0 Å². The molecule has 2 fully saturated rings. The third-order valence-electron chi connectivity index (χ3n) is 5.59. The van der Waals surface area contributed by atoms with Crippen LogP contribution in [0.2, 0.25) is 10.2 Å². The largest absolute Gasteiger partial charge is 0.381 e. The molecule has 2 aliphatic heterocycles. The third-order valence-corrected chi connectivity index (χ3v) is 6.17. The van der Waals surface area contributed by atoms with Gasteiger partial charge in [0.15, 0.2) is 5.15 Å². The monoisotopic (exact) mass is 465 g/mol. The minimum Gasteiger partial charge on any atom is -0.381 e. The summed E-state index contributed by atoms with van der Waals surface area (Å²) in [4.78, 5) is 25.7. The summed E-state index contributed by atoms with van der Waals surface area (Å²) in [5.41, 5.74) is 0.999. The minimum absolute atomic E-state index is 0.0758. The maximum absolute atomic E-state index is 12.5. The van der Waals surface area contributed by atoms with Crippen LogP contribution in [0.5, 0.6) is 0 Å². The highest BCUT2D eigenvalue weighted by atomic mass is 35.5. The number of anilines is 2. The molecule has 4 heterocycles. The predicted molar refractivity (Wildman–Crippen MR) is 119 cm³/mol. The molecule has 2 aliphatic rings. The molecular weight excluding hydrogens is 441 g/mol. The van der Waals surface area contributed by atoms with Gasteiger partial charge in [-0.1, -0.05) is 23.2 Å². The van der Waals surface area contributed by atoms with Gasteiger partial charge in [0.25, 0.3) is 0 Å². The van der Waals surface area contributed by atoms with Gasteiger partial charge in [0.2, 0.25) is 5.91 Å². The maximum atomic E-state index is 12.5. The molecule has 1 amide bonds. The lowest BCUT2D eigenvalue weighted by molar-refractivity contribution is -0.122. The summed E-state index contributed by atoms with van der Waals surface area (Å²) in [5, 5.41) is 6.81. The van der Waals surface area contributed by atoms with Gasteiger partial charge >= 0.3 is 0 Å². The fourth-order valence-electron chi connectivity index (χ4n) is 3.71. The van der Waals surface area contributed by atoms with Gasteiger partial charge in [-0.15, -0.1) is 0 Å². The van der Waals surface area contributed by atoms with Crippen LogP contribution in [0.25, 0.3) is 11.3 Å². The summed E-state index contributed by atoms with van der Waals surface area (Å²) in [6.45, 7) is 3.56. The van der Waals surface area contributed by atoms with Crippen molar-refractivity contribution in [3.05, 3.63) is 28.6 Å². The lowest BCUT2D eigenvalue weighted by atomic mass is 9.99. The van der Waals surface area contributed by atoms with Gasteiger partial charge < -0.3 is 20.1 Å². The van der Waals surface area contributed by atoms with Crippen molar-refractivity contribution in [3.8, 4) is 11.3 Å². The van der Waals surface area contributed by atoms with Gasteiger partial charge in [-0.3, -0.25) is 4.79 Å². The van der Waals surface area contributed by atoms with E-state index < -0.39 is 0 Å². The fourth-order valence-corrected chi connectivity index (χ4v) is 4.09. The molecule has 166 valence electrons. The van der Waals surface area contributed by atoms with Gasteiger partial charge in [0, 0.05) is 50.7 Å². The van der Waals surface area contributed by atoms with Crippen LogP contribution in [0.15, 0.2) is 18.5 Å². The van der Waals surface area contributed by atoms with Crippen LogP contribution >= 0.6 is 23.2 Å². The van der Waals surface area contributed by atoms with Crippen molar-refractivity contribution in [1.29, 1.82) is 0 Å². The normalized spacial score (nSPS) is 18.0. The molecule has 2 saturated heterocycles. The van der Waals surface area contributed by atoms with E-state index >= 15 is 0 Å². The van der Waals surface area contributed by atoms with Crippen LogP contribution in [0.3, 0.4) is 0 Å². The summed E-state index contributed by atoms with van der Waals surface area (Å²) in [7, 11) is 0. The highest BCUT2D eigenvalue weighted by Gasteiger charge is 2.23. The Hall–Kier alpha value is -2.00. The molecule has 2 N–H and O–H groups in total. The number of hydrogen-bond donors (Lipinski definition) is 2. The van der Waals surface area contributed by atoms with Crippen molar-refractivity contribution in [2.75, 3.05) is 43.6 Å². The average molecular weight is 466 g/mol. The number of nitrogens with zero attached hydrogens (tertiary/aromatic N) is 3. The van der Waals surface area contributed by atoms with E-state index in [1.165, 1.54) is 6.20 Å². The second-order valence-corrected chi connectivity index (χ2v) is 8.52. The van der Waals surface area contributed by atoms with Crippen molar-refractivity contribution in [1.82, 2.24) is 15.0 Å². The van der Waals surface area contributed by atoms with Crippen LogP contribution in [-0.4, -0.2) is 53.8 Å². The van der Waals surface area contributed by atoms with Crippen molar-refractivity contribution >= 4 is 40.7 Å². The minimum atomic E-state index is -0.0872. The van der Waals surface area contributed by atoms with E-state index in [1.54, 1.807) is 12.3 Å². The zero-order valence-corrected chi connectivity index (χ0v) is 18.6. The van der Waals surface area contributed by atoms with Gasteiger partial charge in [0.05, 0.1) is 11.2 Å². The number of aromatic nitrogens is 3. The third kappa shape index (κ3) is 5.83. The van der Waals surface area contributed by atoms with Crippen molar-refractivity contribution < 1.29 is 14.3 Å². The van der Waals surface area contributed by atoms with E-state index in [-0.39, 0.29) is 17.0 Å². The first kappa shape index (κ1) is 22.2. The van der Waals surface area contributed by atoms with E-state index in [4.69, 9.17) is 32.7 Å². The van der Waals surface area contributed by atoms with E-state index in [2.05, 4.69) is 25.6 Å². The molecular formula is C21H25Cl2N5O3. The summed E-state index contributed by atoms with van der Waals surface area (Å²) in [6.07, 6.45) is 6.53. The number of rotatable bonds is 6. The highest BCUT2D eigenvalue weighted by Crippen LogP contribution is 2.33. The highest BCUT2D eigenvalue weighted by molar-refractivity contribution is 6.35. The zero-order chi connectivity index (χ0) is 21.6. The molecule has 31 heavy (non-hydrogen) atoms. The van der Waals surface area contributed by atoms with Crippen LogP contribution < -0.4 is 10.6 Å². The van der Waals surface area contributed by atoms with Crippen LogP contribution in [0, 0.1) is 11.8 Å². The summed E-state index contributed by atoms with van der Waals surface area (Å²) >= 11 is 12.7. The second-order valence-electron chi connectivity index (χ2n) is 7.76. The Morgan fingerprint density at radius 3 is 2.45 bits per heavy atom. The topological polar surface area (TPSA) is 98.3 Å². The number of carbonyl (C=O) groups excluding carboxylic acids is 1. The number of halogens is 2. The van der Waals surface area contributed by atoms with Crippen LogP contribution in [0.1, 0.15) is 25.7 Å². The van der Waals surface area contributed by atoms with E-state index in [0.717, 1.165) is 32.6 Å². The quantitative estimate of drug-likeness (QED) is 0.663. The molecule has 2 aromatic rings. The Kier molecular flexibility index (Phi) is 7.55. The van der Waals surface area contributed by atoms with Crippen molar-refractivity contribution in [2.45, 2.75) is 25.7 Å². The van der Waals surface area contributed by atoms with Crippen molar-refractivity contribution in [2.24, 2.45) is 11.8 Å². The molecule has 0 spiro atoms. The lowest BCUT2D eigenvalue weighted by Gasteiger charge is -2.22. The van der Waals surface area contributed by atoms with Gasteiger partial charge in [0.1, 0.15) is 17.3 Å². The van der Waals surface area contributed by atoms with Gasteiger partial charge in [-0.25, -0.2) is 15.0 Å². The SMILES string of the molecule is O=C(Nc1cc(-c2nc(NCC3CCOCC3)cnc2Cl)c(Cl)cn1)C1CCOCC1. The number of amides is 1. The first-order chi connectivity index (χ1) is 15.1. The van der Waals surface area contributed by atoms with E-state index in [0.29, 0.717) is 59.9 Å². The fraction of sp³-hybridized carbons (Fsp3) is 0.524. The second kappa shape index (κ2) is 10.5. The Labute approximate surface area is 191 Å². The maximum Gasteiger partial charge on any atom is 0.228 e. The number of pyridine rings is 1. The number of carbonyl (C=O) groups is 1. The molecule has 2 aromatic heterocycles. The standard InChI is InChI=1S/C21H25Cl2N5O3/c22-16-11-25-17(28-21(29)14-3-7-31-8-4-14)9-15(16)19-20(23)26-12-18(27-19)24-10-13-1-5-30-6-2-13/h9,11-14H,1-8,10H2,(H,24,27)(H,25,28,29). The molecule has 0 aromatic carbocycles. The molecule has 8 nitrogen and oxygen atoms in total. The molecule has 0 unspecified atom stereocenters. The first-order valence-electron chi connectivity index (χ1n) is 10.5. The zero-order valence-electron chi connectivity index (χ0n) is 17.1. The summed E-state index contributed by atoms with van der Waals surface area (Å²) < 4.78 is 10.7. The predicted octanol–water partition coefficient (Wildman–Crippen LogP) is 4.05. The van der Waals surface area contributed by atoms with Gasteiger partial charge in [-0.2, -0.15) is 0 Å². The van der Waals surface area contributed by atoms with E-state index in [9.17, 15) is 4.79 Å². The Morgan fingerprint density at radius 2 is 1.71 bits per heavy atom. The number of nitrogens with one attached hydrogen (secondary N) is 2. The van der Waals surface area contributed by atoms with E-state index in [1.807, 2.05) is 0 Å². The number of hydrogen-bond acceptors (Lipinski definition) is 7. The molecule has 4 rings (SSSR count). The Balaban J connectivity index is 1.49. The molecule has 0 radical (unpaired) electrons. The Bertz CT molecular complexity index is 918. The molecule has 0 atom stereocenters. The molecule has 0 aliphatic carbocycles. The Morgan fingerprint density at radius 1 is 1.00 bits per heavy atom. The van der Waals surface area contributed by atoms with Crippen LogP contribution in [0.4, 0.5) is 11.6 Å². The van der Waals surface area contributed by atoms with Gasteiger partial charge in [-0.05, 0) is 37.7 Å². The molecule has 10 heteroatoms. The van der Waals surface area contributed by atoms with Crippen LogP contribution in [-0.2, 0) is 14.3 Å². The number of ether oxygens (including phenoxy) is 2. The summed E-state index contributed by atoms with van der Waals surface area (Å²) in [6, 6.07) is 1.68. The molecule has 0 saturated carbocycles. The first-order valence-corrected chi connectivity index (χ1v) is 11.2.